The van der Waals surface area contributed by atoms with Crippen LogP contribution in [0.2, 0.25) is 18.1 Å². The maximum atomic E-state index is 11.6. The Balaban J connectivity index is 2.80. The average Bonchev–Trinajstić information content (AvgIpc) is 2.60. The van der Waals surface area contributed by atoms with Crippen molar-refractivity contribution in [3.63, 3.8) is 0 Å². The number of rotatable bonds is 11. The molecule has 1 rings (SSSR count). The molecule has 1 atom stereocenters. The first-order valence-corrected chi connectivity index (χ1v) is 13.5. The summed E-state index contributed by atoms with van der Waals surface area (Å²) in [5, 5.41) is 0.818. The molecule has 0 amide bonds. The first kappa shape index (κ1) is 24.4. The van der Waals surface area contributed by atoms with Crippen molar-refractivity contribution in [1.82, 2.24) is 0 Å². The van der Waals surface area contributed by atoms with Crippen molar-refractivity contribution < 1.29 is 21.8 Å². The largest absolute Gasteiger partial charge is 0.544 e. The summed E-state index contributed by atoms with van der Waals surface area (Å²) in [6, 6.07) is 9.61. The van der Waals surface area contributed by atoms with E-state index in [-0.39, 0.29) is 11.6 Å². The van der Waals surface area contributed by atoms with Gasteiger partial charge in [0.1, 0.15) is 6.10 Å². The van der Waals surface area contributed by atoms with Crippen molar-refractivity contribution in [3.8, 4) is 0 Å². The van der Waals surface area contributed by atoms with Crippen LogP contribution in [-0.2, 0) is 30.1 Å². The zero-order valence-corrected chi connectivity index (χ0v) is 19.3. The van der Waals surface area contributed by atoms with Gasteiger partial charge in [-0.15, -0.1) is 0 Å². The van der Waals surface area contributed by atoms with E-state index in [4.69, 9.17) is 13.3 Å². The van der Waals surface area contributed by atoms with Gasteiger partial charge in [-0.2, -0.15) is 8.42 Å². The highest BCUT2D eigenvalue weighted by atomic mass is 32.2. The predicted octanol–water partition coefficient (Wildman–Crippen LogP) is 5.15. The van der Waals surface area contributed by atoms with Crippen LogP contribution >= 0.6 is 0 Å². The molecule has 0 unspecified atom stereocenters. The molecule has 0 aliphatic heterocycles. The molecule has 0 heterocycles. The number of benzene rings is 1. The maximum Gasteiger partial charge on any atom is 0.289 e. The standard InChI is InChI=1S/C21H32O5SSi/c1-8-27(22,23)25-17-20(24-16-19-12-10-9-11-13-19)15-14-18(2)26-28(6,7)21(3,4)5/h8-15,20H,1-2,16-17H2,3-7H3/b15-14+/t20-/m0/s1. The zero-order valence-electron chi connectivity index (χ0n) is 17.5. The summed E-state index contributed by atoms with van der Waals surface area (Å²) < 4.78 is 40.0. The molecule has 0 N–H and O–H groups in total. The molecule has 0 bridgehead atoms. The minimum Gasteiger partial charge on any atom is -0.544 e. The molecule has 0 fully saturated rings. The van der Waals surface area contributed by atoms with Crippen LogP contribution in [0.25, 0.3) is 0 Å². The Kier molecular flexibility index (Phi) is 8.88. The molecule has 1 aromatic carbocycles. The van der Waals surface area contributed by atoms with E-state index in [1.54, 1.807) is 12.2 Å². The first-order valence-electron chi connectivity index (χ1n) is 9.10. The number of allylic oxidation sites excluding steroid dienone is 1. The molecule has 156 valence electrons. The van der Waals surface area contributed by atoms with E-state index in [1.807, 2.05) is 30.3 Å². The molecule has 0 aliphatic carbocycles. The topological polar surface area (TPSA) is 61.8 Å². The second kappa shape index (κ2) is 10.2. The van der Waals surface area contributed by atoms with Crippen molar-refractivity contribution in [3.05, 3.63) is 72.4 Å². The monoisotopic (exact) mass is 424 g/mol. The zero-order chi connectivity index (χ0) is 21.4. The van der Waals surface area contributed by atoms with E-state index >= 15 is 0 Å². The summed E-state index contributed by atoms with van der Waals surface area (Å²) in [5.74, 6) is 0.520. The fourth-order valence-electron chi connectivity index (χ4n) is 1.88. The van der Waals surface area contributed by atoms with Crippen molar-refractivity contribution in [1.29, 1.82) is 0 Å². The predicted molar refractivity (Wildman–Crippen MR) is 117 cm³/mol. The molecule has 0 saturated heterocycles. The van der Waals surface area contributed by atoms with Crippen molar-refractivity contribution in [2.45, 2.75) is 51.6 Å². The third kappa shape index (κ3) is 8.56. The van der Waals surface area contributed by atoms with E-state index in [9.17, 15) is 8.42 Å². The normalized spacial score (nSPS) is 14.0. The van der Waals surface area contributed by atoms with E-state index in [0.717, 1.165) is 11.0 Å². The Morgan fingerprint density at radius 3 is 2.36 bits per heavy atom. The van der Waals surface area contributed by atoms with Crippen molar-refractivity contribution >= 4 is 18.4 Å². The van der Waals surface area contributed by atoms with Gasteiger partial charge in [-0.1, -0.05) is 64.3 Å². The van der Waals surface area contributed by atoms with Crippen molar-refractivity contribution in [2.24, 2.45) is 0 Å². The van der Waals surface area contributed by atoms with Crippen molar-refractivity contribution in [2.75, 3.05) is 6.61 Å². The molecular weight excluding hydrogens is 392 g/mol. The summed E-state index contributed by atoms with van der Waals surface area (Å²) in [6.07, 6.45) is 2.83. The lowest BCUT2D eigenvalue weighted by Crippen LogP contribution is -2.40. The lowest BCUT2D eigenvalue weighted by Gasteiger charge is -2.36. The number of ether oxygens (including phenoxy) is 1. The summed E-state index contributed by atoms with van der Waals surface area (Å²) in [7, 11) is -5.78. The molecule has 1 aromatic rings. The molecule has 0 spiro atoms. The quantitative estimate of drug-likeness (QED) is 0.213. The third-order valence-corrected chi connectivity index (χ3v) is 9.85. The van der Waals surface area contributed by atoms with Gasteiger partial charge in [0.2, 0.25) is 8.32 Å². The van der Waals surface area contributed by atoms with Gasteiger partial charge in [-0.25, -0.2) is 0 Å². The Morgan fingerprint density at radius 2 is 1.82 bits per heavy atom. The van der Waals surface area contributed by atoms with E-state index in [2.05, 4.69) is 47.0 Å². The molecule has 5 nitrogen and oxygen atoms in total. The van der Waals surface area contributed by atoms with Crippen LogP contribution < -0.4 is 0 Å². The van der Waals surface area contributed by atoms with Crippen LogP contribution in [0.1, 0.15) is 26.3 Å². The lowest BCUT2D eigenvalue weighted by atomic mass is 10.2. The Morgan fingerprint density at radius 1 is 1.21 bits per heavy atom. The van der Waals surface area contributed by atoms with Gasteiger partial charge in [-0.05, 0) is 35.8 Å². The summed E-state index contributed by atoms with van der Waals surface area (Å²) in [6.45, 7) is 18.1. The van der Waals surface area contributed by atoms with Gasteiger partial charge in [0.05, 0.1) is 24.4 Å². The molecule has 28 heavy (non-hydrogen) atoms. The number of hydrogen-bond acceptors (Lipinski definition) is 5. The Bertz CT molecular complexity index is 777. The van der Waals surface area contributed by atoms with Gasteiger partial charge < -0.3 is 9.16 Å². The SMILES string of the molecule is C=CS(=O)(=O)OC[C@H](/C=C/C(=C)O[Si](C)(C)C(C)(C)C)OCc1ccccc1. The minimum absolute atomic E-state index is 0.0497. The smallest absolute Gasteiger partial charge is 0.289 e. The Hall–Kier alpha value is -1.67. The molecule has 0 saturated carbocycles. The highest BCUT2D eigenvalue weighted by Gasteiger charge is 2.38. The highest BCUT2D eigenvalue weighted by Crippen LogP contribution is 2.37. The van der Waals surface area contributed by atoms with Crippen LogP contribution in [0, 0.1) is 0 Å². The summed E-state index contributed by atoms with van der Waals surface area (Å²) in [5.41, 5.74) is 0.976. The maximum absolute atomic E-state index is 11.6. The van der Waals surface area contributed by atoms with Crippen LogP contribution in [0.15, 0.2) is 66.8 Å². The average molecular weight is 425 g/mol. The van der Waals surface area contributed by atoms with E-state index < -0.39 is 24.5 Å². The van der Waals surface area contributed by atoms with E-state index in [1.165, 1.54) is 0 Å². The van der Waals surface area contributed by atoms with Crippen LogP contribution in [0.3, 0.4) is 0 Å². The van der Waals surface area contributed by atoms with Gasteiger partial charge in [0, 0.05) is 0 Å². The molecule has 0 aromatic heterocycles. The van der Waals surface area contributed by atoms with Gasteiger partial charge in [0.15, 0.2) is 0 Å². The second-order valence-corrected chi connectivity index (χ2v) is 14.2. The van der Waals surface area contributed by atoms with Gasteiger partial charge in [-0.3, -0.25) is 4.18 Å². The number of hydrogen-bond donors (Lipinski definition) is 0. The van der Waals surface area contributed by atoms with Crippen LogP contribution in [0.5, 0.6) is 0 Å². The van der Waals surface area contributed by atoms with Crippen LogP contribution in [-0.4, -0.2) is 29.4 Å². The Labute approximate surface area is 171 Å². The molecular formula is C21H32O5SSi. The first-order chi connectivity index (χ1) is 12.9. The fraction of sp³-hybridized carbons (Fsp3) is 0.429. The molecule has 7 heteroatoms. The highest BCUT2D eigenvalue weighted by molar-refractivity contribution is 7.89. The molecule has 0 aliphatic rings. The lowest BCUT2D eigenvalue weighted by molar-refractivity contribution is 0.0412. The minimum atomic E-state index is -3.78. The summed E-state index contributed by atoms with van der Waals surface area (Å²) in [4.78, 5) is 0. The third-order valence-electron chi connectivity index (χ3n) is 4.60. The van der Waals surface area contributed by atoms with Gasteiger partial charge in [0.25, 0.3) is 10.1 Å². The second-order valence-electron chi connectivity index (χ2n) is 7.97. The van der Waals surface area contributed by atoms with Crippen LogP contribution in [0.4, 0.5) is 0 Å². The fourth-order valence-corrected chi connectivity index (χ4v) is 3.33. The summed E-state index contributed by atoms with van der Waals surface area (Å²) >= 11 is 0. The van der Waals surface area contributed by atoms with Gasteiger partial charge >= 0.3 is 0 Å². The molecule has 0 radical (unpaired) electrons. The van der Waals surface area contributed by atoms with E-state index in [0.29, 0.717) is 12.4 Å².